The number of aliphatic hydroxyl groups excluding tert-OH is 1. The van der Waals surface area contributed by atoms with Gasteiger partial charge in [-0.05, 0) is 35.4 Å². The number of hydrogen-bond acceptors (Lipinski definition) is 3. The Labute approximate surface area is 152 Å². The van der Waals surface area contributed by atoms with Crippen molar-refractivity contribution in [1.29, 1.82) is 0 Å². The third kappa shape index (κ3) is 6.07. The van der Waals surface area contributed by atoms with E-state index in [1.807, 2.05) is 0 Å². The van der Waals surface area contributed by atoms with Crippen molar-refractivity contribution in [1.82, 2.24) is 10.6 Å². The third-order valence-electron chi connectivity index (χ3n) is 3.65. The lowest BCUT2D eigenvalue weighted by molar-refractivity contribution is -0.139. The van der Waals surface area contributed by atoms with E-state index in [1.54, 1.807) is 0 Å². The topological polar surface area (TPSA) is 78.4 Å². The molecule has 0 unspecified atom stereocenters. The second kappa shape index (κ2) is 8.63. The van der Waals surface area contributed by atoms with E-state index in [1.165, 1.54) is 24.3 Å². The largest absolute Gasteiger partial charge is 0.416 e. The number of carbonyl (C=O) groups excluding carboxylic acids is 2. The minimum absolute atomic E-state index is 0.00793. The van der Waals surface area contributed by atoms with Crippen molar-refractivity contribution in [3.63, 3.8) is 0 Å². The predicted molar refractivity (Wildman–Crippen MR) is 87.7 cm³/mol. The van der Waals surface area contributed by atoms with Gasteiger partial charge >= 0.3 is 18.0 Å². The van der Waals surface area contributed by atoms with Crippen LogP contribution in [-0.4, -0.2) is 23.5 Å². The van der Waals surface area contributed by atoms with Crippen molar-refractivity contribution in [3.05, 3.63) is 71.0 Å². The molecule has 0 heterocycles. The number of benzene rings is 2. The Morgan fingerprint density at radius 3 is 2.04 bits per heavy atom. The van der Waals surface area contributed by atoms with E-state index in [0.717, 1.165) is 24.3 Å². The smallest absolute Gasteiger partial charge is 0.387 e. The van der Waals surface area contributed by atoms with Crippen molar-refractivity contribution in [2.45, 2.75) is 18.8 Å². The summed E-state index contributed by atoms with van der Waals surface area (Å²) in [4.78, 5) is 23.4. The van der Waals surface area contributed by atoms with Crippen molar-refractivity contribution < 1.29 is 32.3 Å². The van der Waals surface area contributed by atoms with Crippen molar-refractivity contribution >= 4 is 11.8 Å². The van der Waals surface area contributed by atoms with Crippen LogP contribution in [0.2, 0.25) is 0 Å². The number of carbonyl (C=O) groups is 2. The highest BCUT2D eigenvalue weighted by atomic mass is 19.4. The molecule has 0 radical (unpaired) electrons. The number of halogens is 4. The lowest BCUT2D eigenvalue weighted by Crippen LogP contribution is -2.41. The molecule has 27 heavy (non-hydrogen) atoms. The van der Waals surface area contributed by atoms with Gasteiger partial charge in [-0.3, -0.25) is 9.59 Å². The summed E-state index contributed by atoms with van der Waals surface area (Å²) in [5.74, 6) is -2.40. The molecular weight excluding hydrogens is 368 g/mol. The molecule has 2 aromatic rings. The van der Waals surface area contributed by atoms with Crippen LogP contribution in [0.15, 0.2) is 48.5 Å². The summed E-state index contributed by atoms with van der Waals surface area (Å²) in [6.45, 7) is -0.345. The monoisotopic (exact) mass is 384 g/mol. The van der Waals surface area contributed by atoms with E-state index in [4.69, 9.17) is 0 Å². The maximum atomic E-state index is 12.8. The van der Waals surface area contributed by atoms with E-state index in [-0.39, 0.29) is 18.7 Å². The quantitative estimate of drug-likeness (QED) is 0.547. The van der Waals surface area contributed by atoms with Gasteiger partial charge in [0.15, 0.2) is 0 Å². The highest BCUT2D eigenvalue weighted by Gasteiger charge is 2.30. The lowest BCUT2D eigenvalue weighted by atomic mass is 10.1. The van der Waals surface area contributed by atoms with Crippen molar-refractivity contribution in [3.8, 4) is 0 Å². The zero-order chi connectivity index (χ0) is 20.0. The standard InChI is InChI=1S/C18H16F4N2O3/c19-14-7-1-11(2-8-14)9-23-16(26)17(27)24-10-15(25)12-3-5-13(6-4-12)18(20,21)22/h1-8,15,25H,9-10H2,(H,23,26)(H,24,27)/t15-/m1/s1. The Morgan fingerprint density at radius 1 is 0.926 bits per heavy atom. The minimum Gasteiger partial charge on any atom is -0.387 e. The molecule has 2 rings (SSSR count). The van der Waals surface area contributed by atoms with E-state index in [9.17, 15) is 32.3 Å². The summed E-state index contributed by atoms with van der Waals surface area (Å²) in [5, 5.41) is 14.4. The Balaban J connectivity index is 1.81. The zero-order valence-electron chi connectivity index (χ0n) is 13.9. The van der Waals surface area contributed by atoms with Crippen LogP contribution in [0, 0.1) is 5.82 Å². The maximum absolute atomic E-state index is 12.8. The average Bonchev–Trinajstić information content (AvgIpc) is 2.64. The SMILES string of the molecule is O=C(NCc1ccc(F)cc1)C(=O)NC[C@@H](O)c1ccc(C(F)(F)F)cc1. The lowest BCUT2D eigenvalue weighted by Gasteiger charge is -2.13. The van der Waals surface area contributed by atoms with E-state index in [0.29, 0.717) is 5.56 Å². The number of alkyl halides is 3. The molecule has 0 aliphatic heterocycles. The molecule has 3 N–H and O–H groups in total. The van der Waals surface area contributed by atoms with Crippen LogP contribution < -0.4 is 10.6 Å². The highest BCUT2D eigenvalue weighted by molar-refractivity contribution is 6.35. The van der Waals surface area contributed by atoms with Gasteiger partial charge in [0.2, 0.25) is 0 Å². The molecule has 0 saturated heterocycles. The third-order valence-corrected chi connectivity index (χ3v) is 3.65. The minimum atomic E-state index is -4.49. The first-order valence-electron chi connectivity index (χ1n) is 7.82. The van der Waals surface area contributed by atoms with E-state index < -0.39 is 35.5 Å². The molecule has 0 aromatic heterocycles. The van der Waals surface area contributed by atoms with E-state index >= 15 is 0 Å². The van der Waals surface area contributed by atoms with Gasteiger partial charge < -0.3 is 15.7 Å². The fourth-order valence-corrected chi connectivity index (χ4v) is 2.15. The van der Waals surface area contributed by atoms with Crippen LogP contribution >= 0.6 is 0 Å². The fourth-order valence-electron chi connectivity index (χ4n) is 2.15. The molecule has 0 spiro atoms. The van der Waals surface area contributed by atoms with Gasteiger partial charge in [-0.25, -0.2) is 4.39 Å². The van der Waals surface area contributed by atoms with Gasteiger partial charge in [-0.15, -0.1) is 0 Å². The maximum Gasteiger partial charge on any atom is 0.416 e. The molecule has 0 aliphatic rings. The van der Waals surface area contributed by atoms with Crippen LogP contribution in [0.5, 0.6) is 0 Å². The van der Waals surface area contributed by atoms with Gasteiger partial charge in [0, 0.05) is 13.1 Å². The van der Waals surface area contributed by atoms with E-state index in [2.05, 4.69) is 10.6 Å². The Hall–Kier alpha value is -2.94. The van der Waals surface area contributed by atoms with Crippen LogP contribution in [0.4, 0.5) is 17.6 Å². The molecule has 5 nitrogen and oxygen atoms in total. The summed E-state index contributed by atoms with van der Waals surface area (Å²) in [5.41, 5.74) is -0.111. The number of aliphatic hydroxyl groups is 1. The highest BCUT2D eigenvalue weighted by Crippen LogP contribution is 2.29. The molecule has 0 saturated carbocycles. The van der Waals surface area contributed by atoms with Gasteiger partial charge in [-0.1, -0.05) is 24.3 Å². The first-order chi connectivity index (χ1) is 12.7. The molecule has 0 aliphatic carbocycles. The Morgan fingerprint density at radius 2 is 1.48 bits per heavy atom. The predicted octanol–water partition coefficient (Wildman–Crippen LogP) is 2.31. The van der Waals surface area contributed by atoms with Crippen LogP contribution in [0.3, 0.4) is 0 Å². The van der Waals surface area contributed by atoms with Gasteiger partial charge in [0.25, 0.3) is 0 Å². The second-order valence-corrected chi connectivity index (χ2v) is 5.65. The molecule has 9 heteroatoms. The number of amides is 2. The molecule has 2 aromatic carbocycles. The number of nitrogens with one attached hydrogen (secondary N) is 2. The van der Waals surface area contributed by atoms with Crippen LogP contribution in [0.1, 0.15) is 22.8 Å². The molecule has 0 fully saturated rings. The zero-order valence-corrected chi connectivity index (χ0v) is 13.9. The van der Waals surface area contributed by atoms with Crippen LogP contribution in [-0.2, 0) is 22.3 Å². The van der Waals surface area contributed by atoms with Crippen molar-refractivity contribution in [2.24, 2.45) is 0 Å². The summed E-state index contributed by atoms with van der Waals surface area (Å²) in [6.07, 6.45) is -5.76. The molecular formula is C18H16F4N2O3. The number of hydrogen-bond donors (Lipinski definition) is 3. The average molecular weight is 384 g/mol. The molecule has 0 bridgehead atoms. The van der Waals surface area contributed by atoms with Gasteiger partial charge in [-0.2, -0.15) is 13.2 Å². The first-order valence-corrected chi connectivity index (χ1v) is 7.82. The fraction of sp³-hybridized carbons (Fsp3) is 0.222. The van der Waals surface area contributed by atoms with Gasteiger partial charge in [0.1, 0.15) is 5.82 Å². The Kier molecular flexibility index (Phi) is 6.51. The Bertz CT molecular complexity index is 790. The normalized spacial score (nSPS) is 12.3. The summed E-state index contributed by atoms with van der Waals surface area (Å²) in [7, 11) is 0. The summed E-state index contributed by atoms with van der Waals surface area (Å²) < 4.78 is 50.3. The molecule has 1 atom stereocenters. The summed E-state index contributed by atoms with van der Waals surface area (Å²) in [6, 6.07) is 9.13. The van der Waals surface area contributed by atoms with Gasteiger partial charge in [0.05, 0.1) is 11.7 Å². The molecule has 144 valence electrons. The molecule has 2 amide bonds. The second-order valence-electron chi connectivity index (χ2n) is 5.65. The summed E-state index contributed by atoms with van der Waals surface area (Å²) >= 11 is 0. The van der Waals surface area contributed by atoms with Crippen LogP contribution in [0.25, 0.3) is 0 Å². The first kappa shape index (κ1) is 20.4. The van der Waals surface area contributed by atoms with Crippen molar-refractivity contribution in [2.75, 3.05) is 6.54 Å². The number of rotatable bonds is 5.